The molecule has 0 heterocycles. The Hall–Kier alpha value is 0.0900. The van der Waals surface area contributed by atoms with Crippen LogP contribution in [0.5, 0.6) is 0 Å². The maximum Gasteiger partial charge on any atom is -0.0229 e. The van der Waals surface area contributed by atoms with E-state index >= 15 is 0 Å². The van der Waals surface area contributed by atoms with Crippen LogP contribution in [0.15, 0.2) is 10.5 Å². The van der Waals surface area contributed by atoms with Crippen molar-refractivity contribution >= 4 is 12.6 Å². The number of allylic oxidation sites excluding steroid dienone is 2. The first-order valence-corrected chi connectivity index (χ1v) is 2.42. The fourth-order valence-corrected chi connectivity index (χ4v) is 0. The van der Waals surface area contributed by atoms with E-state index in [2.05, 4.69) is 12.6 Å². The lowest BCUT2D eigenvalue weighted by molar-refractivity contribution is 1.35. The van der Waals surface area contributed by atoms with Crippen molar-refractivity contribution in [3.05, 3.63) is 10.5 Å². The van der Waals surface area contributed by atoms with Crippen LogP contribution in [0.2, 0.25) is 0 Å². The van der Waals surface area contributed by atoms with E-state index in [1.165, 1.54) is 5.57 Å². The fourth-order valence-electron chi connectivity index (χ4n) is 0. The van der Waals surface area contributed by atoms with Crippen LogP contribution >= 0.6 is 12.6 Å². The summed E-state index contributed by atoms with van der Waals surface area (Å²) in [7, 11) is 0. The van der Waals surface area contributed by atoms with Crippen LogP contribution in [-0.2, 0) is 0 Å². The molecule has 0 atom stereocenters. The van der Waals surface area contributed by atoms with Gasteiger partial charge in [-0.15, -0.1) is 12.6 Å². The highest BCUT2D eigenvalue weighted by Gasteiger charge is 1.76. The van der Waals surface area contributed by atoms with Gasteiger partial charge in [-0.25, -0.2) is 0 Å². The molecule has 0 N–H and O–H groups in total. The Labute approximate surface area is 44.7 Å². The van der Waals surface area contributed by atoms with Gasteiger partial charge < -0.3 is 0 Å². The van der Waals surface area contributed by atoms with E-state index in [0.717, 1.165) is 4.91 Å². The lowest BCUT2D eigenvalue weighted by atomic mass is 10.3. The summed E-state index contributed by atoms with van der Waals surface area (Å²) in [4.78, 5) is 1.12. The Morgan fingerprint density at radius 3 is 1.33 bits per heavy atom. The summed E-state index contributed by atoms with van der Waals surface area (Å²) in [6, 6.07) is 0. The molecule has 0 fully saturated rings. The van der Waals surface area contributed by atoms with Gasteiger partial charge in [0, 0.05) is 0 Å². The van der Waals surface area contributed by atoms with Gasteiger partial charge in [-0.3, -0.25) is 0 Å². The molecule has 0 spiro atoms. The van der Waals surface area contributed by atoms with Crippen LogP contribution in [-0.4, -0.2) is 0 Å². The van der Waals surface area contributed by atoms with Crippen LogP contribution < -0.4 is 0 Å². The van der Waals surface area contributed by atoms with Crippen molar-refractivity contribution in [2.45, 2.75) is 20.8 Å². The number of hydrogen-bond donors (Lipinski definition) is 1. The van der Waals surface area contributed by atoms with E-state index in [0.29, 0.717) is 0 Å². The van der Waals surface area contributed by atoms with Crippen LogP contribution in [0.25, 0.3) is 0 Å². The molecular weight excluding hydrogens is 92.1 g/mol. The predicted molar refractivity (Wildman–Crippen MR) is 33.0 cm³/mol. The van der Waals surface area contributed by atoms with Gasteiger partial charge in [-0.1, -0.05) is 5.57 Å². The first kappa shape index (κ1) is 6.09. The van der Waals surface area contributed by atoms with Crippen molar-refractivity contribution in [3.8, 4) is 0 Å². The third kappa shape index (κ3) is 2.33. The van der Waals surface area contributed by atoms with E-state index in [9.17, 15) is 0 Å². The van der Waals surface area contributed by atoms with E-state index in [-0.39, 0.29) is 0 Å². The number of hydrogen-bond acceptors (Lipinski definition) is 1. The largest absolute Gasteiger partial charge is 0.148 e. The summed E-state index contributed by atoms with van der Waals surface area (Å²) in [5, 5.41) is 0. The molecule has 0 radical (unpaired) electrons. The van der Waals surface area contributed by atoms with Gasteiger partial charge in [0.15, 0.2) is 0 Å². The molecule has 0 bridgehead atoms. The Balaban J connectivity index is 3.68. The molecule has 0 unspecified atom stereocenters. The summed E-state index contributed by atoms with van der Waals surface area (Å²) in [6.07, 6.45) is 0. The highest BCUT2D eigenvalue weighted by atomic mass is 32.1. The van der Waals surface area contributed by atoms with Crippen LogP contribution in [0, 0.1) is 0 Å². The Morgan fingerprint density at radius 1 is 1.17 bits per heavy atom. The summed E-state index contributed by atoms with van der Waals surface area (Å²) >= 11 is 4.07. The summed E-state index contributed by atoms with van der Waals surface area (Å²) < 4.78 is 0. The molecular formula is C5H10S. The Morgan fingerprint density at radius 2 is 1.33 bits per heavy atom. The molecule has 0 amide bonds. The quantitative estimate of drug-likeness (QED) is 0.445. The maximum atomic E-state index is 4.07. The van der Waals surface area contributed by atoms with E-state index in [1.54, 1.807) is 0 Å². The van der Waals surface area contributed by atoms with Gasteiger partial charge in [0.1, 0.15) is 0 Å². The molecule has 0 saturated heterocycles. The van der Waals surface area contributed by atoms with Crippen LogP contribution in [0.1, 0.15) is 20.8 Å². The molecule has 0 rings (SSSR count). The third-order valence-electron chi connectivity index (χ3n) is 0.724. The molecule has 0 aromatic carbocycles. The van der Waals surface area contributed by atoms with Gasteiger partial charge in [0.2, 0.25) is 0 Å². The molecule has 0 aliphatic rings. The summed E-state index contributed by atoms with van der Waals surface area (Å²) in [5.74, 6) is 0. The summed E-state index contributed by atoms with van der Waals surface area (Å²) in [5.41, 5.74) is 1.29. The zero-order valence-corrected chi connectivity index (χ0v) is 5.34. The molecule has 0 nitrogen and oxygen atoms in total. The van der Waals surface area contributed by atoms with E-state index in [1.807, 2.05) is 20.8 Å². The molecule has 1 heteroatoms. The monoisotopic (exact) mass is 102 g/mol. The molecule has 36 valence electrons. The second-order valence-electron chi connectivity index (χ2n) is 1.59. The van der Waals surface area contributed by atoms with Crippen molar-refractivity contribution in [1.29, 1.82) is 0 Å². The smallest absolute Gasteiger partial charge is 0.0229 e. The molecule has 0 aliphatic carbocycles. The molecule has 0 aromatic rings. The van der Waals surface area contributed by atoms with Crippen molar-refractivity contribution in [2.24, 2.45) is 0 Å². The van der Waals surface area contributed by atoms with Crippen LogP contribution in [0.4, 0.5) is 0 Å². The Kier molecular flexibility index (Phi) is 2.33. The number of thiol groups is 1. The van der Waals surface area contributed by atoms with Gasteiger partial charge in [0.05, 0.1) is 0 Å². The van der Waals surface area contributed by atoms with Gasteiger partial charge in [-0.2, -0.15) is 0 Å². The summed E-state index contributed by atoms with van der Waals surface area (Å²) in [6.45, 7) is 6.07. The maximum absolute atomic E-state index is 4.07. The second-order valence-corrected chi connectivity index (χ2v) is 2.26. The average molecular weight is 102 g/mol. The minimum Gasteiger partial charge on any atom is -0.148 e. The van der Waals surface area contributed by atoms with Crippen molar-refractivity contribution in [1.82, 2.24) is 0 Å². The van der Waals surface area contributed by atoms with E-state index < -0.39 is 0 Å². The zero-order chi connectivity index (χ0) is 5.15. The lowest BCUT2D eigenvalue weighted by Gasteiger charge is -1.86. The van der Waals surface area contributed by atoms with Gasteiger partial charge >= 0.3 is 0 Å². The highest BCUT2D eigenvalue weighted by molar-refractivity contribution is 7.84. The number of rotatable bonds is 0. The SMILES string of the molecule is CC(C)=C(C)S. The zero-order valence-electron chi connectivity index (χ0n) is 4.45. The first-order valence-electron chi connectivity index (χ1n) is 1.97. The minimum atomic E-state index is 1.12. The third-order valence-corrected chi connectivity index (χ3v) is 1.17. The first-order chi connectivity index (χ1) is 2.64. The second kappa shape index (κ2) is 2.30. The minimum absolute atomic E-state index is 1.12. The fraction of sp³-hybridized carbons (Fsp3) is 0.600. The molecule has 0 aliphatic heterocycles. The van der Waals surface area contributed by atoms with Crippen LogP contribution in [0.3, 0.4) is 0 Å². The standard InChI is InChI=1S/C5H10S/c1-4(2)5(3)6/h6H,1-3H3. The van der Waals surface area contributed by atoms with Crippen molar-refractivity contribution < 1.29 is 0 Å². The molecule has 6 heavy (non-hydrogen) atoms. The Bertz CT molecular complexity index is 54.0. The average Bonchev–Trinajstić information content (AvgIpc) is 1.36. The molecule has 0 saturated carbocycles. The topological polar surface area (TPSA) is 0 Å². The normalized spacial score (nSPS) is 8.00. The molecule has 0 aromatic heterocycles. The van der Waals surface area contributed by atoms with Gasteiger partial charge in [-0.05, 0) is 25.7 Å². The van der Waals surface area contributed by atoms with Gasteiger partial charge in [0.25, 0.3) is 0 Å². The lowest BCUT2D eigenvalue weighted by Crippen LogP contribution is -1.62. The van der Waals surface area contributed by atoms with E-state index in [4.69, 9.17) is 0 Å². The van der Waals surface area contributed by atoms with Crippen molar-refractivity contribution in [2.75, 3.05) is 0 Å². The van der Waals surface area contributed by atoms with Crippen molar-refractivity contribution in [3.63, 3.8) is 0 Å². The predicted octanol–water partition coefficient (Wildman–Crippen LogP) is 2.23. The highest BCUT2D eigenvalue weighted by Crippen LogP contribution is 2.03.